The normalized spacial score (nSPS) is 10.9. The lowest BCUT2D eigenvalue weighted by atomic mass is 10.1. The van der Waals surface area contributed by atoms with Gasteiger partial charge in [0.25, 0.3) is 0 Å². The molecule has 2 aromatic carbocycles. The average Bonchev–Trinajstić information content (AvgIpc) is 2.62. The largest absolute Gasteiger partial charge is 0.457 e. The van der Waals surface area contributed by atoms with Crippen molar-refractivity contribution in [1.29, 1.82) is 0 Å². The third-order valence-corrected chi connectivity index (χ3v) is 4.45. The first kappa shape index (κ1) is 19.0. The maximum Gasteiger partial charge on any atom is 0.339 e. The summed E-state index contributed by atoms with van der Waals surface area (Å²) in [5.41, 5.74) is 3.95. The van der Waals surface area contributed by atoms with E-state index in [2.05, 4.69) is 4.99 Å². The molecule has 2 rings (SSSR count). The maximum atomic E-state index is 12.3. The van der Waals surface area contributed by atoms with Gasteiger partial charge in [0.15, 0.2) is 0 Å². The smallest absolute Gasteiger partial charge is 0.339 e. The average molecular weight is 359 g/mol. The summed E-state index contributed by atoms with van der Waals surface area (Å²) in [5.74, 6) is -0.435. The van der Waals surface area contributed by atoms with E-state index in [1.807, 2.05) is 57.0 Å². The summed E-state index contributed by atoms with van der Waals surface area (Å²) in [5, 5.41) is 0.378. The third kappa shape index (κ3) is 5.07. The monoisotopic (exact) mass is 358 g/mol. The highest BCUT2D eigenvalue weighted by molar-refractivity contribution is 6.34. The van der Waals surface area contributed by atoms with E-state index in [0.717, 1.165) is 23.4 Å². The molecule has 0 amide bonds. The van der Waals surface area contributed by atoms with E-state index in [1.165, 1.54) is 5.56 Å². The maximum absolute atomic E-state index is 12.3. The summed E-state index contributed by atoms with van der Waals surface area (Å²) < 4.78 is 5.38. The summed E-state index contributed by atoms with van der Waals surface area (Å²) in [6.07, 6.45) is 1.74. The first-order valence-corrected chi connectivity index (χ1v) is 8.56. The van der Waals surface area contributed by atoms with Crippen molar-refractivity contribution >= 4 is 29.6 Å². The van der Waals surface area contributed by atoms with Gasteiger partial charge in [-0.1, -0.05) is 41.4 Å². The summed E-state index contributed by atoms with van der Waals surface area (Å²) >= 11 is 6.36. The number of benzene rings is 2. The topological polar surface area (TPSA) is 41.9 Å². The first-order valence-electron chi connectivity index (χ1n) is 8.18. The zero-order chi connectivity index (χ0) is 18.4. The Morgan fingerprint density at radius 3 is 2.52 bits per heavy atom. The van der Waals surface area contributed by atoms with Crippen LogP contribution < -0.4 is 0 Å². The van der Waals surface area contributed by atoms with Crippen molar-refractivity contribution in [3.05, 3.63) is 63.7 Å². The summed E-state index contributed by atoms with van der Waals surface area (Å²) in [4.78, 5) is 18.7. The molecule has 0 bridgehead atoms. The summed E-state index contributed by atoms with van der Waals surface area (Å²) in [6, 6.07) is 11.3. The minimum atomic E-state index is -0.435. The van der Waals surface area contributed by atoms with Gasteiger partial charge in [-0.15, -0.1) is 0 Å². The van der Waals surface area contributed by atoms with Crippen LogP contribution in [0.5, 0.6) is 0 Å². The quantitative estimate of drug-likeness (QED) is 0.418. The van der Waals surface area contributed by atoms with Crippen molar-refractivity contribution in [2.24, 2.45) is 4.99 Å². The molecule has 0 spiro atoms. The number of hydrogen-bond donors (Lipinski definition) is 0. The lowest BCUT2D eigenvalue weighted by molar-refractivity contribution is 0.0473. The first-order chi connectivity index (χ1) is 11.9. The van der Waals surface area contributed by atoms with Crippen LogP contribution in [0.2, 0.25) is 5.02 Å². The predicted octanol–water partition coefficient (Wildman–Crippen LogP) is 4.93. The van der Waals surface area contributed by atoms with E-state index in [0.29, 0.717) is 10.6 Å². The Labute approximate surface area is 154 Å². The minimum Gasteiger partial charge on any atom is -0.457 e. The van der Waals surface area contributed by atoms with Gasteiger partial charge < -0.3 is 9.64 Å². The van der Waals surface area contributed by atoms with Crippen LogP contribution in [0.15, 0.2) is 41.4 Å². The van der Waals surface area contributed by atoms with E-state index >= 15 is 0 Å². The molecule has 4 nitrogen and oxygen atoms in total. The van der Waals surface area contributed by atoms with Crippen molar-refractivity contribution in [3.63, 3.8) is 0 Å². The van der Waals surface area contributed by atoms with Crippen molar-refractivity contribution < 1.29 is 9.53 Å². The van der Waals surface area contributed by atoms with Gasteiger partial charge in [-0.25, -0.2) is 9.79 Å². The lowest BCUT2D eigenvalue weighted by Gasteiger charge is -2.11. The molecule has 0 aromatic heterocycles. The third-order valence-electron chi connectivity index (χ3n) is 3.96. The van der Waals surface area contributed by atoms with Gasteiger partial charge in [0, 0.05) is 13.6 Å². The number of rotatable bonds is 6. The molecule has 0 saturated carbocycles. The number of hydrogen-bond acceptors (Lipinski definition) is 3. The molecule has 0 fully saturated rings. The highest BCUT2D eigenvalue weighted by Gasteiger charge is 2.15. The zero-order valence-electron chi connectivity index (χ0n) is 15.0. The van der Waals surface area contributed by atoms with E-state index in [-0.39, 0.29) is 6.61 Å². The number of aliphatic imine (C=N–C) groups is 1. The lowest BCUT2D eigenvalue weighted by Crippen LogP contribution is -2.14. The summed E-state index contributed by atoms with van der Waals surface area (Å²) in [6.45, 7) is 6.98. The molecule has 0 radical (unpaired) electrons. The predicted molar refractivity (Wildman–Crippen MR) is 103 cm³/mol. The molecule has 0 atom stereocenters. The van der Waals surface area contributed by atoms with Crippen LogP contribution in [0.1, 0.15) is 34.0 Å². The molecule has 0 aliphatic heterocycles. The van der Waals surface area contributed by atoms with E-state index in [1.54, 1.807) is 18.5 Å². The molecule has 2 aromatic rings. The molecule has 0 N–H and O–H groups in total. The number of esters is 1. The van der Waals surface area contributed by atoms with Crippen LogP contribution >= 0.6 is 11.6 Å². The second-order valence-electron chi connectivity index (χ2n) is 5.95. The Hall–Kier alpha value is -2.33. The molecule has 0 saturated heterocycles. The van der Waals surface area contributed by atoms with E-state index < -0.39 is 5.97 Å². The van der Waals surface area contributed by atoms with Crippen molar-refractivity contribution in [2.75, 3.05) is 13.6 Å². The van der Waals surface area contributed by atoms with Gasteiger partial charge in [-0.2, -0.15) is 0 Å². The van der Waals surface area contributed by atoms with Gasteiger partial charge in [-0.05, 0) is 44.0 Å². The molecular weight excluding hydrogens is 336 g/mol. The Balaban J connectivity index is 2.10. The molecule has 0 unspecified atom stereocenters. The molecule has 0 aliphatic carbocycles. The highest BCUT2D eigenvalue weighted by atomic mass is 35.5. The fourth-order valence-electron chi connectivity index (χ4n) is 2.13. The molecular formula is C20H23ClN2O2. The molecule has 132 valence electrons. The number of halogens is 1. The SMILES string of the molecule is CCN(C)/C=N/c1ccc(C(=O)OCc2ccc(C)cc2)c(Cl)c1C. The van der Waals surface area contributed by atoms with Gasteiger partial charge in [0.1, 0.15) is 6.61 Å². The van der Waals surface area contributed by atoms with Gasteiger partial charge >= 0.3 is 5.97 Å². The van der Waals surface area contributed by atoms with Crippen LogP contribution in [-0.2, 0) is 11.3 Å². The number of ether oxygens (including phenoxy) is 1. The second-order valence-corrected chi connectivity index (χ2v) is 6.33. The molecule has 25 heavy (non-hydrogen) atoms. The van der Waals surface area contributed by atoms with E-state index in [9.17, 15) is 4.79 Å². The highest BCUT2D eigenvalue weighted by Crippen LogP contribution is 2.30. The number of carbonyl (C=O) groups is 1. The van der Waals surface area contributed by atoms with E-state index in [4.69, 9.17) is 16.3 Å². The Morgan fingerprint density at radius 2 is 1.88 bits per heavy atom. The van der Waals surface area contributed by atoms with Crippen molar-refractivity contribution in [3.8, 4) is 0 Å². The molecule has 0 heterocycles. The second kappa shape index (κ2) is 8.67. The Kier molecular flexibility index (Phi) is 6.59. The van der Waals surface area contributed by atoms with Crippen LogP contribution in [0, 0.1) is 13.8 Å². The van der Waals surface area contributed by atoms with Gasteiger partial charge in [0.05, 0.1) is 22.6 Å². The fourth-order valence-corrected chi connectivity index (χ4v) is 2.36. The molecule has 5 heteroatoms. The minimum absolute atomic E-state index is 0.218. The number of carbonyl (C=O) groups excluding carboxylic acids is 1. The standard InChI is InChI=1S/C20H23ClN2O2/c1-5-23(4)13-22-18-11-10-17(19(21)15(18)3)20(24)25-12-16-8-6-14(2)7-9-16/h6-11,13H,5,12H2,1-4H3/b22-13+. The molecule has 0 aliphatic rings. The zero-order valence-corrected chi connectivity index (χ0v) is 15.8. The number of nitrogens with zero attached hydrogens (tertiary/aromatic N) is 2. The Bertz CT molecular complexity index is 770. The number of aryl methyl sites for hydroxylation is 1. The van der Waals surface area contributed by atoms with Gasteiger partial charge in [-0.3, -0.25) is 0 Å². The van der Waals surface area contributed by atoms with Crippen LogP contribution in [-0.4, -0.2) is 30.8 Å². The van der Waals surface area contributed by atoms with Crippen LogP contribution in [0.4, 0.5) is 5.69 Å². The summed E-state index contributed by atoms with van der Waals surface area (Å²) in [7, 11) is 1.94. The van der Waals surface area contributed by atoms with Gasteiger partial charge in [0.2, 0.25) is 0 Å². The Morgan fingerprint density at radius 1 is 1.20 bits per heavy atom. The van der Waals surface area contributed by atoms with Crippen LogP contribution in [0.25, 0.3) is 0 Å². The van der Waals surface area contributed by atoms with Crippen molar-refractivity contribution in [2.45, 2.75) is 27.4 Å². The van der Waals surface area contributed by atoms with Crippen molar-refractivity contribution in [1.82, 2.24) is 4.90 Å². The fraction of sp³-hybridized carbons (Fsp3) is 0.300. The van der Waals surface area contributed by atoms with Crippen LogP contribution in [0.3, 0.4) is 0 Å².